The maximum Gasteiger partial charge on any atom is 0.280 e. The molecule has 3 rings (SSSR count). The lowest BCUT2D eigenvalue weighted by Crippen LogP contribution is -2.31. The van der Waals surface area contributed by atoms with Gasteiger partial charge in [0.15, 0.2) is 0 Å². The van der Waals surface area contributed by atoms with E-state index in [1.54, 1.807) is 0 Å². The second kappa shape index (κ2) is 9.24. The van der Waals surface area contributed by atoms with Gasteiger partial charge in [-0.15, -0.1) is 0 Å². The number of carbonyl (C=O) groups is 1. The molecule has 1 unspecified atom stereocenters. The van der Waals surface area contributed by atoms with Crippen LogP contribution in [-0.4, -0.2) is 29.8 Å². The van der Waals surface area contributed by atoms with Gasteiger partial charge in [0.25, 0.3) is 5.24 Å². The van der Waals surface area contributed by atoms with E-state index in [-0.39, 0.29) is 11.2 Å². The predicted molar refractivity (Wildman–Crippen MR) is 112 cm³/mol. The van der Waals surface area contributed by atoms with E-state index in [4.69, 9.17) is 0 Å². The summed E-state index contributed by atoms with van der Waals surface area (Å²) in [6.07, 6.45) is 5.01. The third kappa shape index (κ3) is 5.12. The van der Waals surface area contributed by atoms with Crippen LogP contribution in [0, 0.1) is 6.92 Å². The van der Waals surface area contributed by atoms with Gasteiger partial charge in [0.05, 0.1) is 0 Å². The van der Waals surface area contributed by atoms with E-state index < -0.39 is 0 Å². The highest BCUT2D eigenvalue weighted by Crippen LogP contribution is 2.34. The van der Waals surface area contributed by atoms with Crippen molar-refractivity contribution in [2.45, 2.75) is 38.5 Å². The number of likely N-dealkylation sites (tertiary alicyclic amines) is 1. The molecular weight excluding hydrogens is 340 g/mol. The average Bonchev–Trinajstić information content (AvgIpc) is 2.65. The van der Waals surface area contributed by atoms with Gasteiger partial charge in [-0.25, -0.2) is 0 Å². The van der Waals surface area contributed by atoms with Gasteiger partial charge < -0.3 is 10.2 Å². The molecule has 1 amide bonds. The third-order valence-corrected chi connectivity index (χ3v) is 5.35. The first kappa shape index (κ1) is 19.0. The van der Waals surface area contributed by atoms with Crippen molar-refractivity contribution in [2.75, 3.05) is 25.0 Å². The van der Waals surface area contributed by atoms with E-state index in [2.05, 4.69) is 60.1 Å². The SMILES string of the molecule is Cc1ccc(C(CCN2CCCCC2)c2ccccc2NC(=O)S)cc1. The number of rotatable bonds is 6. The molecule has 0 aliphatic carbocycles. The minimum absolute atomic E-state index is 0.258. The first-order valence-electron chi connectivity index (χ1n) is 9.51. The summed E-state index contributed by atoms with van der Waals surface area (Å²) in [4.78, 5) is 14.1. The summed E-state index contributed by atoms with van der Waals surface area (Å²) < 4.78 is 0. The molecule has 1 N–H and O–H groups in total. The van der Waals surface area contributed by atoms with E-state index in [0.29, 0.717) is 0 Å². The summed E-state index contributed by atoms with van der Waals surface area (Å²) in [5, 5.41) is 2.56. The zero-order valence-electron chi connectivity index (χ0n) is 15.4. The number of carbonyl (C=O) groups excluding carboxylic acids is 1. The highest BCUT2D eigenvalue weighted by atomic mass is 32.1. The van der Waals surface area contributed by atoms with Gasteiger partial charge in [0.1, 0.15) is 0 Å². The molecule has 1 fully saturated rings. The van der Waals surface area contributed by atoms with E-state index in [1.165, 1.54) is 43.5 Å². The summed E-state index contributed by atoms with van der Waals surface area (Å²) >= 11 is 3.90. The molecule has 4 heteroatoms. The van der Waals surface area contributed by atoms with Crippen LogP contribution in [0.4, 0.5) is 10.5 Å². The lowest BCUT2D eigenvalue weighted by Gasteiger charge is -2.29. The van der Waals surface area contributed by atoms with Crippen LogP contribution in [0.5, 0.6) is 0 Å². The molecule has 1 saturated heterocycles. The highest BCUT2D eigenvalue weighted by Gasteiger charge is 2.20. The molecule has 2 aromatic rings. The molecule has 0 bridgehead atoms. The van der Waals surface area contributed by atoms with Gasteiger partial charge in [-0.1, -0.05) is 67.1 Å². The minimum Gasteiger partial charge on any atom is -0.317 e. The van der Waals surface area contributed by atoms with Crippen molar-refractivity contribution >= 4 is 23.6 Å². The number of amides is 1. The standard InChI is InChI=1S/C22H28N2OS/c1-17-9-11-18(12-10-17)19(13-16-24-14-5-2-6-15-24)20-7-3-4-8-21(20)23-22(25)26/h3-4,7-12,19H,2,5-6,13-16H2,1H3,(H2,23,25,26). The predicted octanol–water partition coefficient (Wildman–Crippen LogP) is 5.46. The lowest BCUT2D eigenvalue weighted by atomic mass is 9.86. The van der Waals surface area contributed by atoms with Gasteiger partial charge in [-0.3, -0.25) is 4.79 Å². The fraction of sp³-hybridized carbons (Fsp3) is 0.409. The lowest BCUT2D eigenvalue weighted by molar-refractivity contribution is 0.223. The third-order valence-electron chi connectivity index (χ3n) is 5.24. The number of hydrogen-bond donors (Lipinski definition) is 2. The quantitative estimate of drug-likeness (QED) is 0.663. The second-order valence-corrected chi connectivity index (χ2v) is 7.58. The largest absolute Gasteiger partial charge is 0.317 e. The second-order valence-electron chi connectivity index (χ2n) is 7.17. The maximum absolute atomic E-state index is 11.5. The van der Waals surface area contributed by atoms with Gasteiger partial charge >= 0.3 is 0 Å². The van der Waals surface area contributed by atoms with Crippen LogP contribution in [0.3, 0.4) is 0 Å². The fourth-order valence-corrected chi connectivity index (χ4v) is 3.95. The number of nitrogens with zero attached hydrogens (tertiary/aromatic N) is 1. The molecule has 0 radical (unpaired) electrons. The summed E-state index contributed by atoms with van der Waals surface area (Å²) in [5.41, 5.74) is 4.58. The topological polar surface area (TPSA) is 32.3 Å². The monoisotopic (exact) mass is 368 g/mol. The van der Waals surface area contributed by atoms with Gasteiger partial charge in [0, 0.05) is 11.6 Å². The van der Waals surface area contributed by atoms with Crippen LogP contribution in [-0.2, 0) is 0 Å². The highest BCUT2D eigenvalue weighted by molar-refractivity contribution is 7.96. The molecule has 138 valence electrons. The normalized spacial score (nSPS) is 16.2. The number of aryl methyl sites for hydroxylation is 1. The van der Waals surface area contributed by atoms with Crippen LogP contribution in [0.2, 0.25) is 0 Å². The van der Waals surface area contributed by atoms with Crippen LogP contribution >= 0.6 is 12.6 Å². The van der Waals surface area contributed by atoms with Crippen LogP contribution in [0.15, 0.2) is 48.5 Å². The summed E-state index contributed by atoms with van der Waals surface area (Å²) in [5.74, 6) is 0.258. The molecule has 26 heavy (non-hydrogen) atoms. The van der Waals surface area contributed by atoms with Crippen molar-refractivity contribution in [2.24, 2.45) is 0 Å². The molecule has 1 aliphatic heterocycles. The van der Waals surface area contributed by atoms with Crippen molar-refractivity contribution in [3.05, 3.63) is 65.2 Å². The molecule has 1 atom stereocenters. The Bertz CT molecular complexity index is 723. The first-order chi connectivity index (χ1) is 12.6. The number of hydrogen-bond acceptors (Lipinski definition) is 2. The number of nitrogens with one attached hydrogen (secondary N) is 1. The van der Waals surface area contributed by atoms with Crippen molar-refractivity contribution in [1.29, 1.82) is 0 Å². The Balaban J connectivity index is 1.87. The van der Waals surface area contributed by atoms with Gasteiger partial charge in [-0.05, 0) is 63.0 Å². The van der Waals surface area contributed by atoms with E-state index >= 15 is 0 Å². The maximum atomic E-state index is 11.5. The Kier molecular flexibility index (Phi) is 6.75. The molecule has 1 heterocycles. The number of piperidine rings is 1. The minimum atomic E-state index is -0.323. The van der Waals surface area contributed by atoms with Crippen molar-refractivity contribution in [1.82, 2.24) is 4.90 Å². The van der Waals surface area contributed by atoms with E-state index in [9.17, 15) is 4.79 Å². The van der Waals surface area contributed by atoms with Gasteiger partial charge in [0.2, 0.25) is 0 Å². The molecule has 0 spiro atoms. The Morgan fingerprint density at radius 3 is 2.46 bits per heavy atom. The molecule has 3 nitrogen and oxygen atoms in total. The summed E-state index contributed by atoms with van der Waals surface area (Å²) in [6, 6.07) is 16.9. The number of para-hydroxylation sites is 1. The van der Waals surface area contributed by atoms with E-state index in [0.717, 1.165) is 24.2 Å². The fourth-order valence-electron chi connectivity index (χ4n) is 3.83. The number of thiol groups is 1. The first-order valence-corrected chi connectivity index (χ1v) is 9.96. The molecule has 1 aliphatic rings. The summed E-state index contributed by atoms with van der Waals surface area (Å²) in [6.45, 7) is 5.61. The van der Waals surface area contributed by atoms with Crippen LogP contribution in [0.25, 0.3) is 0 Å². The van der Waals surface area contributed by atoms with Gasteiger partial charge in [-0.2, -0.15) is 0 Å². The number of anilines is 1. The Morgan fingerprint density at radius 2 is 1.77 bits per heavy atom. The Hall–Kier alpha value is -1.78. The smallest absolute Gasteiger partial charge is 0.280 e. The number of benzene rings is 2. The molecule has 2 aromatic carbocycles. The Morgan fingerprint density at radius 1 is 1.08 bits per heavy atom. The molecule has 0 aromatic heterocycles. The molecule has 0 saturated carbocycles. The molecular formula is C22H28N2OS. The zero-order chi connectivity index (χ0) is 18.4. The van der Waals surface area contributed by atoms with Crippen LogP contribution < -0.4 is 5.32 Å². The summed E-state index contributed by atoms with van der Waals surface area (Å²) in [7, 11) is 0. The van der Waals surface area contributed by atoms with Crippen molar-refractivity contribution < 1.29 is 4.79 Å². The average molecular weight is 369 g/mol. The zero-order valence-corrected chi connectivity index (χ0v) is 16.3. The van der Waals surface area contributed by atoms with E-state index in [1.807, 2.05) is 18.2 Å². The van der Waals surface area contributed by atoms with Crippen molar-refractivity contribution in [3.8, 4) is 0 Å². The Labute approximate surface area is 162 Å². The van der Waals surface area contributed by atoms with Crippen molar-refractivity contribution in [3.63, 3.8) is 0 Å². The van der Waals surface area contributed by atoms with Crippen LogP contribution in [0.1, 0.15) is 48.3 Å².